The molecule has 18 heavy (non-hydrogen) atoms. The van der Waals surface area contributed by atoms with E-state index < -0.39 is 0 Å². The predicted octanol–water partition coefficient (Wildman–Crippen LogP) is 0.807. The van der Waals surface area contributed by atoms with Crippen molar-refractivity contribution in [3.63, 3.8) is 0 Å². The number of nitrogens with one attached hydrogen (secondary N) is 2. The first kappa shape index (κ1) is 12.1. The van der Waals surface area contributed by atoms with Crippen molar-refractivity contribution >= 4 is 11.6 Å². The number of nitrogens with zero attached hydrogens (tertiary/aromatic N) is 2. The Bertz CT molecular complexity index is 506. The van der Waals surface area contributed by atoms with E-state index in [2.05, 4.69) is 20.5 Å². The topological polar surface area (TPSA) is 96.7 Å². The zero-order valence-electron chi connectivity index (χ0n) is 10.1. The fraction of sp³-hybridized carbons (Fsp3) is 0.250. The number of pyridine rings is 1. The van der Waals surface area contributed by atoms with Gasteiger partial charge in [-0.1, -0.05) is 0 Å². The van der Waals surface area contributed by atoms with Crippen LogP contribution in [0.4, 0.5) is 5.69 Å². The number of rotatable bonds is 4. The van der Waals surface area contributed by atoms with Gasteiger partial charge in [-0.2, -0.15) is 5.10 Å². The number of nitrogen functional groups attached to an aromatic ring is 1. The molecule has 6 heteroatoms. The Balaban J connectivity index is 1.91. The SMILES string of the molecule is CC(NC(=O)Cc1ccc(N)cn1)c1cn[nH]c1. The Labute approximate surface area is 105 Å². The van der Waals surface area contributed by atoms with Gasteiger partial charge in [0.15, 0.2) is 0 Å². The highest BCUT2D eigenvalue weighted by atomic mass is 16.1. The highest BCUT2D eigenvalue weighted by molar-refractivity contribution is 5.78. The molecule has 0 bridgehead atoms. The van der Waals surface area contributed by atoms with Crippen molar-refractivity contribution in [2.45, 2.75) is 19.4 Å². The van der Waals surface area contributed by atoms with Gasteiger partial charge in [0, 0.05) is 17.5 Å². The fourth-order valence-electron chi connectivity index (χ4n) is 1.58. The summed E-state index contributed by atoms with van der Waals surface area (Å²) in [6, 6.07) is 3.40. The lowest BCUT2D eigenvalue weighted by Gasteiger charge is -2.11. The van der Waals surface area contributed by atoms with Gasteiger partial charge in [-0.15, -0.1) is 0 Å². The maximum Gasteiger partial charge on any atom is 0.226 e. The monoisotopic (exact) mass is 245 g/mol. The van der Waals surface area contributed by atoms with Gasteiger partial charge >= 0.3 is 0 Å². The van der Waals surface area contributed by atoms with Crippen LogP contribution in [0, 0.1) is 0 Å². The first-order valence-corrected chi connectivity index (χ1v) is 5.63. The number of H-pyrrole nitrogens is 1. The summed E-state index contributed by atoms with van der Waals surface area (Å²) in [7, 11) is 0. The number of hydrogen-bond donors (Lipinski definition) is 3. The molecule has 2 rings (SSSR count). The molecule has 1 atom stereocenters. The van der Waals surface area contributed by atoms with E-state index in [0.29, 0.717) is 11.4 Å². The van der Waals surface area contributed by atoms with Crippen molar-refractivity contribution in [2.24, 2.45) is 0 Å². The number of aromatic amines is 1. The normalized spacial score (nSPS) is 12.1. The van der Waals surface area contributed by atoms with Crippen molar-refractivity contribution in [3.05, 3.63) is 42.0 Å². The van der Waals surface area contributed by atoms with E-state index in [9.17, 15) is 4.79 Å². The second-order valence-corrected chi connectivity index (χ2v) is 4.08. The molecule has 0 aromatic carbocycles. The minimum absolute atomic E-state index is 0.0787. The highest BCUT2D eigenvalue weighted by Gasteiger charge is 2.11. The number of nitrogens with two attached hydrogens (primary N) is 1. The van der Waals surface area contributed by atoms with E-state index in [1.807, 2.05) is 6.92 Å². The molecule has 4 N–H and O–H groups in total. The minimum Gasteiger partial charge on any atom is -0.397 e. The summed E-state index contributed by atoms with van der Waals surface area (Å²) in [6.07, 6.45) is 5.23. The molecule has 94 valence electrons. The first-order valence-electron chi connectivity index (χ1n) is 5.63. The number of hydrogen-bond acceptors (Lipinski definition) is 4. The van der Waals surface area contributed by atoms with E-state index >= 15 is 0 Å². The van der Waals surface area contributed by atoms with Crippen molar-refractivity contribution in [2.75, 3.05) is 5.73 Å². The minimum atomic E-state index is -0.0824. The summed E-state index contributed by atoms with van der Waals surface area (Å²) in [4.78, 5) is 15.9. The van der Waals surface area contributed by atoms with Crippen LogP contribution in [0.15, 0.2) is 30.7 Å². The van der Waals surface area contributed by atoms with Gasteiger partial charge in [0.2, 0.25) is 5.91 Å². The van der Waals surface area contributed by atoms with Gasteiger partial charge in [-0.05, 0) is 19.1 Å². The number of amides is 1. The highest BCUT2D eigenvalue weighted by Crippen LogP contribution is 2.09. The summed E-state index contributed by atoms with van der Waals surface area (Å²) in [6.45, 7) is 1.90. The molecule has 0 radical (unpaired) electrons. The van der Waals surface area contributed by atoms with Crippen LogP contribution in [0.25, 0.3) is 0 Å². The van der Waals surface area contributed by atoms with Gasteiger partial charge in [-0.25, -0.2) is 0 Å². The molecule has 0 spiro atoms. The lowest BCUT2D eigenvalue weighted by molar-refractivity contribution is -0.121. The van der Waals surface area contributed by atoms with E-state index in [1.165, 1.54) is 0 Å². The molecule has 0 aliphatic rings. The molecular weight excluding hydrogens is 230 g/mol. The summed E-state index contributed by atoms with van der Waals surface area (Å²) in [5.74, 6) is -0.0824. The Morgan fingerprint density at radius 1 is 1.50 bits per heavy atom. The lowest BCUT2D eigenvalue weighted by Crippen LogP contribution is -2.28. The van der Waals surface area contributed by atoms with Crippen molar-refractivity contribution in [3.8, 4) is 0 Å². The number of anilines is 1. The van der Waals surface area contributed by atoms with Crippen LogP contribution in [-0.4, -0.2) is 21.1 Å². The standard InChI is InChI=1S/C12H15N5O/c1-8(9-5-15-16-6-9)17-12(18)4-11-3-2-10(13)7-14-11/h2-3,5-8H,4,13H2,1H3,(H,15,16)(H,17,18). The molecule has 1 amide bonds. The quantitative estimate of drug-likeness (QED) is 0.742. The molecule has 0 fully saturated rings. The Hall–Kier alpha value is -2.37. The summed E-state index contributed by atoms with van der Waals surface area (Å²) in [5.41, 5.74) is 7.75. The largest absolute Gasteiger partial charge is 0.397 e. The van der Waals surface area contributed by atoms with Crippen molar-refractivity contribution < 1.29 is 4.79 Å². The molecule has 6 nitrogen and oxygen atoms in total. The predicted molar refractivity (Wildman–Crippen MR) is 67.5 cm³/mol. The molecule has 2 aromatic heterocycles. The molecular formula is C12H15N5O. The van der Waals surface area contributed by atoms with Gasteiger partial charge in [0.1, 0.15) is 0 Å². The Morgan fingerprint density at radius 3 is 2.94 bits per heavy atom. The van der Waals surface area contributed by atoms with E-state index in [1.54, 1.807) is 30.7 Å². The molecule has 0 aliphatic heterocycles. The summed E-state index contributed by atoms with van der Waals surface area (Å²) < 4.78 is 0. The summed E-state index contributed by atoms with van der Waals surface area (Å²) >= 11 is 0. The maximum atomic E-state index is 11.8. The van der Waals surface area contributed by atoms with Crippen LogP contribution in [0.1, 0.15) is 24.2 Å². The number of carbonyl (C=O) groups is 1. The third-order valence-electron chi connectivity index (χ3n) is 2.59. The summed E-state index contributed by atoms with van der Waals surface area (Å²) in [5, 5.41) is 9.43. The van der Waals surface area contributed by atoms with E-state index in [0.717, 1.165) is 5.56 Å². The van der Waals surface area contributed by atoms with Crippen LogP contribution in [0.5, 0.6) is 0 Å². The van der Waals surface area contributed by atoms with Crippen LogP contribution >= 0.6 is 0 Å². The average molecular weight is 245 g/mol. The second kappa shape index (κ2) is 5.31. The molecule has 0 saturated carbocycles. The average Bonchev–Trinajstić information content (AvgIpc) is 2.85. The van der Waals surface area contributed by atoms with Gasteiger partial charge in [0.05, 0.1) is 30.5 Å². The third kappa shape index (κ3) is 3.07. The van der Waals surface area contributed by atoms with Crippen molar-refractivity contribution in [1.82, 2.24) is 20.5 Å². The van der Waals surface area contributed by atoms with E-state index in [4.69, 9.17) is 5.73 Å². The maximum absolute atomic E-state index is 11.8. The fourth-order valence-corrected chi connectivity index (χ4v) is 1.58. The number of carbonyl (C=O) groups excluding carboxylic acids is 1. The zero-order valence-corrected chi connectivity index (χ0v) is 10.1. The first-order chi connectivity index (χ1) is 8.65. The van der Waals surface area contributed by atoms with E-state index in [-0.39, 0.29) is 18.4 Å². The van der Waals surface area contributed by atoms with Crippen LogP contribution in [0.3, 0.4) is 0 Å². The third-order valence-corrected chi connectivity index (χ3v) is 2.59. The lowest BCUT2D eigenvalue weighted by atomic mass is 10.2. The molecule has 1 unspecified atom stereocenters. The van der Waals surface area contributed by atoms with Gasteiger partial charge in [0.25, 0.3) is 0 Å². The molecule has 0 saturated heterocycles. The van der Waals surface area contributed by atoms with Crippen LogP contribution in [-0.2, 0) is 11.2 Å². The molecule has 2 aromatic rings. The van der Waals surface area contributed by atoms with Gasteiger partial charge in [-0.3, -0.25) is 14.9 Å². The van der Waals surface area contributed by atoms with Crippen LogP contribution < -0.4 is 11.1 Å². The Kier molecular flexibility index (Phi) is 3.57. The van der Waals surface area contributed by atoms with Crippen molar-refractivity contribution in [1.29, 1.82) is 0 Å². The van der Waals surface area contributed by atoms with Gasteiger partial charge < -0.3 is 11.1 Å². The van der Waals surface area contributed by atoms with Crippen LogP contribution in [0.2, 0.25) is 0 Å². The molecule has 0 aliphatic carbocycles. The second-order valence-electron chi connectivity index (χ2n) is 4.08. The number of aromatic nitrogens is 3. The molecule has 2 heterocycles. The zero-order chi connectivity index (χ0) is 13.0. The smallest absolute Gasteiger partial charge is 0.226 e. The Morgan fingerprint density at radius 2 is 2.33 bits per heavy atom.